The lowest BCUT2D eigenvalue weighted by Gasteiger charge is -2.31. The van der Waals surface area contributed by atoms with Crippen molar-refractivity contribution in [2.45, 2.75) is 39.2 Å². The summed E-state index contributed by atoms with van der Waals surface area (Å²) in [6.07, 6.45) is 0.526. The first-order valence-corrected chi connectivity index (χ1v) is 6.71. The van der Waals surface area contributed by atoms with E-state index in [-0.39, 0.29) is 17.9 Å². The summed E-state index contributed by atoms with van der Waals surface area (Å²) in [5.74, 6) is -1.13. The van der Waals surface area contributed by atoms with Crippen molar-refractivity contribution in [1.82, 2.24) is 5.32 Å². The summed E-state index contributed by atoms with van der Waals surface area (Å²) in [5.41, 5.74) is 5.22. The normalized spacial score (nSPS) is 14.2. The fraction of sp³-hybridized carbons (Fsp3) is 0.533. The molecule has 0 aliphatic rings. The number of nitrogens with two attached hydrogens (primary N) is 1. The van der Waals surface area contributed by atoms with Gasteiger partial charge in [0, 0.05) is 17.6 Å². The highest BCUT2D eigenvalue weighted by Crippen LogP contribution is 2.16. The molecule has 0 aromatic heterocycles. The van der Waals surface area contributed by atoms with Gasteiger partial charge in [-0.15, -0.1) is 0 Å². The lowest BCUT2D eigenvalue weighted by atomic mass is 9.90. The molecule has 0 fully saturated rings. The number of hydrogen-bond acceptors (Lipinski definition) is 2. The average Bonchev–Trinajstić information content (AvgIpc) is 2.32. The number of amides is 1. The number of carbonyl (C=O) groups is 1. The molecule has 0 saturated carbocycles. The Kier molecular flexibility index (Phi) is 5.62. The van der Waals surface area contributed by atoms with Crippen LogP contribution in [0.1, 0.15) is 32.8 Å². The van der Waals surface area contributed by atoms with Gasteiger partial charge in [0.25, 0.3) is 0 Å². The van der Waals surface area contributed by atoms with E-state index in [1.54, 1.807) is 0 Å². The SMILES string of the molecule is CC(C)CC(C)(CN)NC(=O)Cc1cc(F)ccc1F. The van der Waals surface area contributed by atoms with Crippen LogP contribution in [0.25, 0.3) is 0 Å². The standard InChI is InChI=1S/C15H22F2N2O/c1-10(2)8-15(3,9-18)19-14(20)7-11-6-12(16)4-5-13(11)17/h4-6,10H,7-9,18H2,1-3H3,(H,19,20). The number of carbonyl (C=O) groups excluding carboxylic acids is 1. The zero-order valence-electron chi connectivity index (χ0n) is 12.2. The Hall–Kier alpha value is -1.49. The average molecular weight is 284 g/mol. The summed E-state index contributed by atoms with van der Waals surface area (Å²) in [6, 6.07) is 3.09. The van der Waals surface area contributed by atoms with Gasteiger partial charge in [-0.1, -0.05) is 13.8 Å². The third-order valence-electron chi connectivity index (χ3n) is 3.11. The maximum absolute atomic E-state index is 13.5. The van der Waals surface area contributed by atoms with Crippen molar-refractivity contribution in [3.05, 3.63) is 35.4 Å². The molecule has 0 saturated heterocycles. The molecule has 3 nitrogen and oxygen atoms in total. The Morgan fingerprint density at radius 3 is 2.60 bits per heavy atom. The number of nitrogens with one attached hydrogen (secondary N) is 1. The molecule has 0 radical (unpaired) electrons. The van der Waals surface area contributed by atoms with E-state index >= 15 is 0 Å². The van der Waals surface area contributed by atoms with E-state index in [2.05, 4.69) is 5.32 Å². The second kappa shape index (κ2) is 6.79. The van der Waals surface area contributed by atoms with Crippen LogP contribution in [0, 0.1) is 17.6 Å². The lowest BCUT2D eigenvalue weighted by Crippen LogP contribution is -2.52. The molecule has 1 unspecified atom stereocenters. The third-order valence-corrected chi connectivity index (χ3v) is 3.11. The van der Waals surface area contributed by atoms with Crippen LogP contribution in [0.4, 0.5) is 8.78 Å². The van der Waals surface area contributed by atoms with E-state index in [9.17, 15) is 13.6 Å². The molecule has 20 heavy (non-hydrogen) atoms. The minimum atomic E-state index is -0.583. The van der Waals surface area contributed by atoms with E-state index in [4.69, 9.17) is 5.73 Å². The molecule has 0 aliphatic heterocycles. The first kappa shape index (κ1) is 16.6. The molecule has 1 aromatic carbocycles. The Morgan fingerprint density at radius 1 is 1.40 bits per heavy atom. The van der Waals surface area contributed by atoms with E-state index in [1.807, 2.05) is 20.8 Å². The highest BCUT2D eigenvalue weighted by Gasteiger charge is 2.26. The smallest absolute Gasteiger partial charge is 0.224 e. The van der Waals surface area contributed by atoms with Crippen molar-refractivity contribution >= 4 is 5.91 Å². The van der Waals surface area contributed by atoms with Gasteiger partial charge in [-0.2, -0.15) is 0 Å². The molecular formula is C15H22F2N2O. The van der Waals surface area contributed by atoms with Gasteiger partial charge in [-0.3, -0.25) is 4.79 Å². The monoisotopic (exact) mass is 284 g/mol. The number of benzene rings is 1. The molecule has 0 heterocycles. The van der Waals surface area contributed by atoms with Crippen LogP contribution in [-0.2, 0) is 11.2 Å². The fourth-order valence-corrected chi connectivity index (χ4v) is 2.32. The highest BCUT2D eigenvalue weighted by atomic mass is 19.1. The van der Waals surface area contributed by atoms with Crippen molar-refractivity contribution in [1.29, 1.82) is 0 Å². The predicted octanol–water partition coefficient (Wildman–Crippen LogP) is 2.39. The summed E-state index contributed by atoms with van der Waals surface area (Å²) in [6.45, 7) is 6.22. The molecule has 0 spiro atoms. The van der Waals surface area contributed by atoms with Gasteiger partial charge in [0.2, 0.25) is 5.91 Å². The molecule has 1 aromatic rings. The van der Waals surface area contributed by atoms with Crippen LogP contribution in [0.3, 0.4) is 0 Å². The number of hydrogen-bond donors (Lipinski definition) is 2. The van der Waals surface area contributed by atoms with E-state index in [0.717, 1.165) is 24.6 Å². The molecular weight excluding hydrogens is 262 g/mol. The first-order chi connectivity index (χ1) is 9.25. The molecule has 1 amide bonds. The summed E-state index contributed by atoms with van der Waals surface area (Å²) in [4.78, 5) is 12.0. The quantitative estimate of drug-likeness (QED) is 0.842. The van der Waals surface area contributed by atoms with Gasteiger partial charge in [0.05, 0.1) is 6.42 Å². The third kappa shape index (κ3) is 4.89. The molecule has 0 aliphatic carbocycles. The zero-order chi connectivity index (χ0) is 15.3. The molecule has 112 valence electrons. The largest absolute Gasteiger partial charge is 0.349 e. The Labute approximate surface area is 118 Å². The first-order valence-electron chi connectivity index (χ1n) is 6.71. The van der Waals surface area contributed by atoms with E-state index < -0.39 is 17.2 Å². The fourth-order valence-electron chi connectivity index (χ4n) is 2.32. The maximum atomic E-state index is 13.5. The second-order valence-corrected chi connectivity index (χ2v) is 5.82. The molecule has 1 rings (SSSR count). The topological polar surface area (TPSA) is 55.1 Å². The van der Waals surface area contributed by atoms with Crippen LogP contribution < -0.4 is 11.1 Å². The summed E-state index contributed by atoms with van der Waals surface area (Å²) in [5, 5.41) is 2.82. The predicted molar refractivity (Wildman–Crippen MR) is 75.1 cm³/mol. The molecule has 0 bridgehead atoms. The van der Waals surface area contributed by atoms with Crippen LogP contribution in [-0.4, -0.2) is 18.0 Å². The van der Waals surface area contributed by atoms with Gasteiger partial charge >= 0.3 is 0 Å². The van der Waals surface area contributed by atoms with Crippen molar-refractivity contribution in [3.63, 3.8) is 0 Å². The van der Waals surface area contributed by atoms with Gasteiger partial charge in [-0.25, -0.2) is 8.78 Å². The Balaban J connectivity index is 2.73. The maximum Gasteiger partial charge on any atom is 0.224 e. The minimum absolute atomic E-state index is 0.0476. The van der Waals surface area contributed by atoms with Crippen molar-refractivity contribution in [2.24, 2.45) is 11.7 Å². The summed E-state index contributed by atoms with van der Waals surface area (Å²) in [7, 11) is 0. The van der Waals surface area contributed by atoms with Crippen LogP contribution in [0.5, 0.6) is 0 Å². The van der Waals surface area contributed by atoms with Gasteiger partial charge in [-0.05, 0) is 37.5 Å². The second-order valence-electron chi connectivity index (χ2n) is 5.82. The highest BCUT2D eigenvalue weighted by molar-refractivity contribution is 5.79. The molecule has 5 heteroatoms. The number of rotatable bonds is 6. The van der Waals surface area contributed by atoms with Crippen LogP contribution in [0.2, 0.25) is 0 Å². The van der Waals surface area contributed by atoms with Crippen molar-refractivity contribution in [2.75, 3.05) is 6.54 Å². The van der Waals surface area contributed by atoms with Gasteiger partial charge in [0.1, 0.15) is 11.6 Å². The van der Waals surface area contributed by atoms with Crippen molar-refractivity contribution < 1.29 is 13.6 Å². The Bertz CT molecular complexity index is 477. The van der Waals surface area contributed by atoms with Crippen molar-refractivity contribution in [3.8, 4) is 0 Å². The summed E-state index contributed by atoms with van der Waals surface area (Å²) < 4.78 is 26.5. The van der Waals surface area contributed by atoms with Gasteiger partial charge < -0.3 is 11.1 Å². The summed E-state index contributed by atoms with van der Waals surface area (Å²) >= 11 is 0. The Morgan fingerprint density at radius 2 is 2.05 bits per heavy atom. The zero-order valence-corrected chi connectivity index (χ0v) is 12.2. The number of halogens is 2. The lowest BCUT2D eigenvalue weighted by molar-refractivity contribution is -0.122. The van der Waals surface area contributed by atoms with E-state index in [0.29, 0.717) is 12.5 Å². The van der Waals surface area contributed by atoms with E-state index in [1.165, 1.54) is 0 Å². The van der Waals surface area contributed by atoms with Gasteiger partial charge in [0.15, 0.2) is 0 Å². The molecule has 1 atom stereocenters. The minimum Gasteiger partial charge on any atom is -0.349 e. The van der Waals surface area contributed by atoms with Crippen LogP contribution >= 0.6 is 0 Å². The van der Waals surface area contributed by atoms with Crippen LogP contribution in [0.15, 0.2) is 18.2 Å². The molecule has 3 N–H and O–H groups in total.